The number of aryl methyl sites for hydroxylation is 1. The number of fused-ring (bicyclic) bond motifs is 1. The van der Waals surface area contributed by atoms with Gasteiger partial charge in [0.25, 0.3) is 0 Å². The van der Waals surface area contributed by atoms with Crippen molar-refractivity contribution in [3.05, 3.63) is 53.9 Å². The van der Waals surface area contributed by atoms with Gasteiger partial charge >= 0.3 is 0 Å². The van der Waals surface area contributed by atoms with Crippen LogP contribution in [0, 0.1) is 0 Å². The van der Waals surface area contributed by atoms with Crippen LogP contribution in [0.3, 0.4) is 0 Å². The van der Waals surface area contributed by atoms with E-state index in [9.17, 15) is 4.79 Å². The van der Waals surface area contributed by atoms with Crippen molar-refractivity contribution >= 4 is 17.4 Å². The second kappa shape index (κ2) is 9.21. The van der Waals surface area contributed by atoms with Gasteiger partial charge in [0, 0.05) is 45.6 Å². The molecule has 8 heteroatoms. The molecule has 1 aromatic carbocycles. The van der Waals surface area contributed by atoms with E-state index in [-0.39, 0.29) is 11.8 Å². The van der Waals surface area contributed by atoms with Gasteiger partial charge in [-0.3, -0.25) is 4.79 Å². The highest BCUT2D eigenvalue weighted by molar-refractivity contribution is 5.76. The van der Waals surface area contributed by atoms with E-state index in [2.05, 4.69) is 51.4 Å². The molecule has 30 heavy (non-hydrogen) atoms. The van der Waals surface area contributed by atoms with Gasteiger partial charge in [-0.15, -0.1) is 15.3 Å². The first-order valence-corrected chi connectivity index (χ1v) is 10.6. The fourth-order valence-electron chi connectivity index (χ4n) is 3.66. The second-order valence-electron chi connectivity index (χ2n) is 7.98. The summed E-state index contributed by atoms with van der Waals surface area (Å²) in [5.41, 5.74) is 1.93. The number of anilines is 1. The molecule has 8 nitrogen and oxygen atoms in total. The van der Waals surface area contributed by atoms with Crippen molar-refractivity contribution < 1.29 is 4.79 Å². The zero-order chi connectivity index (χ0) is 20.9. The Labute approximate surface area is 176 Å². The Morgan fingerprint density at radius 1 is 1.07 bits per heavy atom. The quantitative estimate of drug-likeness (QED) is 0.643. The van der Waals surface area contributed by atoms with Crippen molar-refractivity contribution in [3.63, 3.8) is 0 Å². The van der Waals surface area contributed by atoms with Crippen molar-refractivity contribution in [2.75, 3.05) is 44.7 Å². The minimum atomic E-state index is 0.0183. The van der Waals surface area contributed by atoms with Crippen LogP contribution in [0.2, 0.25) is 0 Å². The molecule has 0 saturated carbocycles. The lowest BCUT2D eigenvalue weighted by atomic mass is 10.0. The van der Waals surface area contributed by atoms with Gasteiger partial charge in [0.05, 0.1) is 0 Å². The van der Waals surface area contributed by atoms with Gasteiger partial charge in [0.2, 0.25) is 5.91 Å². The van der Waals surface area contributed by atoms with Gasteiger partial charge in [-0.25, -0.2) is 0 Å². The highest BCUT2D eigenvalue weighted by atomic mass is 16.1. The Morgan fingerprint density at radius 3 is 2.60 bits per heavy atom. The first-order valence-electron chi connectivity index (χ1n) is 10.6. The number of benzene rings is 1. The molecule has 1 aliphatic heterocycles. The Bertz CT molecular complexity index is 980. The maximum absolute atomic E-state index is 12.4. The third kappa shape index (κ3) is 4.76. The summed E-state index contributed by atoms with van der Waals surface area (Å²) in [6.45, 7) is 6.69. The lowest BCUT2D eigenvalue weighted by molar-refractivity contribution is -0.121. The van der Waals surface area contributed by atoms with Gasteiger partial charge in [-0.1, -0.05) is 37.3 Å². The lowest BCUT2D eigenvalue weighted by Crippen LogP contribution is -2.45. The van der Waals surface area contributed by atoms with Crippen LogP contribution in [-0.4, -0.2) is 70.4 Å². The number of aromatic nitrogens is 4. The van der Waals surface area contributed by atoms with Crippen molar-refractivity contribution in [2.45, 2.75) is 25.7 Å². The molecule has 2 aromatic heterocycles. The Morgan fingerprint density at radius 2 is 1.83 bits per heavy atom. The molecular weight excluding hydrogens is 378 g/mol. The fourth-order valence-corrected chi connectivity index (χ4v) is 3.66. The number of hydrogen-bond donors (Lipinski definition) is 1. The normalized spacial score (nSPS) is 16.0. The summed E-state index contributed by atoms with van der Waals surface area (Å²) in [5.74, 6) is 1.94. The SMILES string of the molecule is CC(CNC(=O)CCc1nnc2ccc(N3CCN(C)CC3)nn12)c1ccccc1. The van der Waals surface area contributed by atoms with Crippen LogP contribution < -0.4 is 10.2 Å². The third-order valence-corrected chi connectivity index (χ3v) is 5.69. The van der Waals surface area contributed by atoms with Crippen LogP contribution in [-0.2, 0) is 11.2 Å². The van der Waals surface area contributed by atoms with Crippen LogP contribution in [0.15, 0.2) is 42.5 Å². The molecule has 4 rings (SSSR count). The van der Waals surface area contributed by atoms with Gasteiger partial charge in [0.1, 0.15) is 5.82 Å². The Kier molecular flexibility index (Phi) is 6.23. The number of rotatable bonds is 7. The largest absolute Gasteiger partial charge is 0.355 e. The van der Waals surface area contributed by atoms with E-state index in [0.29, 0.717) is 30.9 Å². The zero-order valence-electron chi connectivity index (χ0n) is 17.7. The molecule has 3 heterocycles. The highest BCUT2D eigenvalue weighted by Gasteiger charge is 2.17. The number of piperazine rings is 1. The fraction of sp³-hybridized carbons (Fsp3) is 0.455. The molecule has 1 saturated heterocycles. The van der Waals surface area contributed by atoms with Crippen LogP contribution >= 0.6 is 0 Å². The molecule has 3 aromatic rings. The molecule has 1 fully saturated rings. The Hall–Kier alpha value is -3.00. The van der Waals surface area contributed by atoms with Crippen LogP contribution in [0.1, 0.15) is 30.7 Å². The molecule has 1 unspecified atom stereocenters. The molecule has 0 spiro atoms. The van der Waals surface area contributed by atoms with E-state index < -0.39 is 0 Å². The van der Waals surface area contributed by atoms with E-state index in [1.165, 1.54) is 5.56 Å². The Balaban J connectivity index is 1.34. The summed E-state index contributed by atoms with van der Waals surface area (Å²) in [6.07, 6.45) is 0.870. The summed E-state index contributed by atoms with van der Waals surface area (Å²) in [4.78, 5) is 16.9. The maximum atomic E-state index is 12.4. The van der Waals surface area contributed by atoms with Gasteiger partial charge in [0.15, 0.2) is 11.5 Å². The third-order valence-electron chi connectivity index (χ3n) is 5.69. The number of nitrogens with zero attached hydrogens (tertiary/aromatic N) is 6. The number of likely N-dealkylation sites (N-methyl/N-ethyl adjacent to an activating group) is 1. The molecule has 0 aliphatic carbocycles. The van der Waals surface area contributed by atoms with Gasteiger partial charge in [-0.2, -0.15) is 4.52 Å². The van der Waals surface area contributed by atoms with E-state index in [0.717, 1.165) is 32.0 Å². The number of carbonyl (C=O) groups is 1. The summed E-state index contributed by atoms with van der Waals surface area (Å²) >= 11 is 0. The van der Waals surface area contributed by atoms with Crippen molar-refractivity contribution in [3.8, 4) is 0 Å². The lowest BCUT2D eigenvalue weighted by Gasteiger charge is -2.33. The predicted octanol–water partition coefficient (Wildman–Crippen LogP) is 1.73. The van der Waals surface area contributed by atoms with Crippen LogP contribution in [0.4, 0.5) is 5.82 Å². The van der Waals surface area contributed by atoms with Crippen LogP contribution in [0.25, 0.3) is 5.65 Å². The molecule has 1 atom stereocenters. The molecule has 1 N–H and O–H groups in total. The minimum absolute atomic E-state index is 0.0183. The topological polar surface area (TPSA) is 78.7 Å². The first kappa shape index (κ1) is 20.3. The average molecular weight is 408 g/mol. The second-order valence-corrected chi connectivity index (χ2v) is 7.98. The van der Waals surface area contributed by atoms with Crippen molar-refractivity contribution in [1.82, 2.24) is 30.0 Å². The number of nitrogens with one attached hydrogen (secondary N) is 1. The number of amides is 1. The van der Waals surface area contributed by atoms with Crippen LogP contribution in [0.5, 0.6) is 0 Å². The first-order chi connectivity index (χ1) is 14.6. The average Bonchev–Trinajstić information content (AvgIpc) is 3.19. The summed E-state index contributed by atoms with van der Waals surface area (Å²) in [6, 6.07) is 14.2. The number of carbonyl (C=O) groups excluding carboxylic acids is 1. The highest BCUT2D eigenvalue weighted by Crippen LogP contribution is 2.15. The van der Waals surface area contributed by atoms with E-state index in [4.69, 9.17) is 5.10 Å². The smallest absolute Gasteiger partial charge is 0.220 e. The van der Waals surface area contributed by atoms with Crippen molar-refractivity contribution in [2.24, 2.45) is 0 Å². The summed E-state index contributed by atoms with van der Waals surface area (Å²) < 4.78 is 1.77. The monoisotopic (exact) mass is 407 g/mol. The predicted molar refractivity (Wildman–Crippen MR) is 117 cm³/mol. The molecule has 0 radical (unpaired) electrons. The summed E-state index contributed by atoms with van der Waals surface area (Å²) in [7, 11) is 2.14. The molecular formula is C22H29N7O. The zero-order valence-corrected chi connectivity index (χ0v) is 17.7. The number of hydrogen-bond acceptors (Lipinski definition) is 6. The molecule has 1 aliphatic rings. The van der Waals surface area contributed by atoms with E-state index >= 15 is 0 Å². The van der Waals surface area contributed by atoms with E-state index in [1.807, 2.05) is 30.3 Å². The molecule has 0 bridgehead atoms. The van der Waals surface area contributed by atoms with Crippen molar-refractivity contribution in [1.29, 1.82) is 0 Å². The molecule has 1 amide bonds. The summed E-state index contributed by atoms with van der Waals surface area (Å²) in [5, 5.41) is 16.2. The molecule has 158 valence electrons. The maximum Gasteiger partial charge on any atom is 0.220 e. The van der Waals surface area contributed by atoms with Gasteiger partial charge < -0.3 is 15.1 Å². The van der Waals surface area contributed by atoms with E-state index in [1.54, 1.807) is 4.52 Å². The standard InChI is InChI=1S/C22H29N7O/c1-17(18-6-4-3-5-7-18)16-23-22(30)11-10-20-25-24-19-8-9-21(26-29(19)20)28-14-12-27(2)13-15-28/h3-9,17H,10-16H2,1-2H3,(H,23,30). The minimum Gasteiger partial charge on any atom is -0.355 e. The van der Waals surface area contributed by atoms with Gasteiger partial charge in [-0.05, 0) is 30.7 Å².